The minimum atomic E-state index is -1.15. The van der Waals surface area contributed by atoms with Gasteiger partial charge in [0.1, 0.15) is 5.54 Å². The largest absolute Gasteiger partial charge is 0.480 e. The number of carbonyl (C=O) groups excluding carboxylic acids is 1. The van der Waals surface area contributed by atoms with Gasteiger partial charge in [-0.05, 0) is 13.3 Å². The molecule has 0 saturated carbocycles. The normalized spacial score (nSPS) is 23.1. The highest BCUT2D eigenvalue weighted by atomic mass is 32.2. The number of rotatable bonds is 6. The van der Waals surface area contributed by atoms with E-state index in [2.05, 4.69) is 10.6 Å². The topological polar surface area (TPSA) is 78.4 Å². The second-order valence-electron chi connectivity index (χ2n) is 4.87. The molecule has 5 nitrogen and oxygen atoms in total. The molecule has 1 saturated heterocycles. The Morgan fingerprint density at radius 2 is 2.28 bits per heavy atom. The Bertz CT molecular complexity index is 306. The summed E-state index contributed by atoms with van der Waals surface area (Å²) in [6.07, 6.45) is 1.51. The molecule has 0 radical (unpaired) electrons. The SMILES string of the molecule is CCCC(C)(NC(=O)CC1CSCCN1)C(=O)O. The van der Waals surface area contributed by atoms with E-state index in [0.717, 1.165) is 24.5 Å². The van der Waals surface area contributed by atoms with Gasteiger partial charge in [-0.25, -0.2) is 4.79 Å². The fraction of sp³-hybridized carbons (Fsp3) is 0.833. The van der Waals surface area contributed by atoms with Gasteiger partial charge in [0, 0.05) is 30.5 Å². The van der Waals surface area contributed by atoms with Crippen LogP contribution in [0.25, 0.3) is 0 Å². The molecular formula is C12H22N2O3S. The van der Waals surface area contributed by atoms with Crippen molar-refractivity contribution in [2.24, 2.45) is 0 Å². The number of thioether (sulfide) groups is 1. The van der Waals surface area contributed by atoms with Gasteiger partial charge >= 0.3 is 5.97 Å². The van der Waals surface area contributed by atoms with Gasteiger partial charge < -0.3 is 15.7 Å². The van der Waals surface area contributed by atoms with Crippen LogP contribution >= 0.6 is 11.8 Å². The lowest BCUT2D eigenvalue weighted by molar-refractivity contribution is -0.147. The molecule has 18 heavy (non-hydrogen) atoms. The van der Waals surface area contributed by atoms with Gasteiger partial charge in [0.15, 0.2) is 0 Å². The van der Waals surface area contributed by atoms with Gasteiger partial charge in [-0.2, -0.15) is 11.8 Å². The summed E-state index contributed by atoms with van der Waals surface area (Å²) in [5, 5.41) is 15.1. The van der Waals surface area contributed by atoms with E-state index < -0.39 is 11.5 Å². The molecular weight excluding hydrogens is 252 g/mol. The maximum atomic E-state index is 11.9. The van der Waals surface area contributed by atoms with Crippen molar-refractivity contribution < 1.29 is 14.7 Å². The van der Waals surface area contributed by atoms with Crippen LogP contribution in [0.1, 0.15) is 33.1 Å². The van der Waals surface area contributed by atoms with E-state index in [9.17, 15) is 14.7 Å². The first-order chi connectivity index (χ1) is 8.48. The quantitative estimate of drug-likeness (QED) is 0.669. The van der Waals surface area contributed by atoms with E-state index in [1.165, 1.54) is 0 Å². The molecule has 1 rings (SSSR count). The lowest BCUT2D eigenvalue weighted by Gasteiger charge is -2.28. The third-order valence-corrected chi connectivity index (χ3v) is 4.20. The van der Waals surface area contributed by atoms with Crippen LogP contribution < -0.4 is 10.6 Å². The number of hydrogen-bond acceptors (Lipinski definition) is 4. The van der Waals surface area contributed by atoms with Crippen molar-refractivity contribution in [3.05, 3.63) is 0 Å². The maximum Gasteiger partial charge on any atom is 0.329 e. The summed E-state index contributed by atoms with van der Waals surface area (Å²) in [4.78, 5) is 23.1. The summed E-state index contributed by atoms with van der Waals surface area (Å²) >= 11 is 1.82. The number of amides is 1. The predicted octanol–water partition coefficient (Wildman–Crippen LogP) is 0.841. The number of hydrogen-bond donors (Lipinski definition) is 3. The minimum absolute atomic E-state index is 0.156. The fourth-order valence-corrected chi connectivity index (χ4v) is 3.01. The molecule has 1 heterocycles. The summed E-state index contributed by atoms with van der Waals surface area (Å²) in [5.41, 5.74) is -1.15. The van der Waals surface area contributed by atoms with Crippen LogP contribution in [0.15, 0.2) is 0 Å². The first kappa shape index (κ1) is 15.3. The monoisotopic (exact) mass is 274 g/mol. The van der Waals surface area contributed by atoms with E-state index in [-0.39, 0.29) is 11.9 Å². The minimum Gasteiger partial charge on any atom is -0.480 e. The van der Waals surface area contributed by atoms with Gasteiger partial charge in [-0.3, -0.25) is 4.79 Å². The predicted molar refractivity (Wildman–Crippen MR) is 72.8 cm³/mol. The molecule has 104 valence electrons. The zero-order valence-corrected chi connectivity index (χ0v) is 11.8. The van der Waals surface area contributed by atoms with Crippen molar-refractivity contribution in [2.75, 3.05) is 18.1 Å². The Hall–Kier alpha value is -0.750. The zero-order chi connectivity index (χ0) is 13.6. The van der Waals surface area contributed by atoms with E-state index >= 15 is 0 Å². The summed E-state index contributed by atoms with van der Waals surface area (Å²) < 4.78 is 0. The van der Waals surface area contributed by atoms with Gasteiger partial charge in [0.2, 0.25) is 5.91 Å². The number of carboxylic acids is 1. The molecule has 2 atom stereocenters. The lowest BCUT2D eigenvalue weighted by atomic mass is 9.96. The molecule has 3 N–H and O–H groups in total. The number of aliphatic carboxylic acids is 1. The first-order valence-corrected chi connectivity index (χ1v) is 7.49. The molecule has 0 aromatic carbocycles. The molecule has 0 aromatic rings. The average Bonchev–Trinajstić information content (AvgIpc) is 2.30. The van der Waals surface area contributed by atoms with Crippen LogP contribution in [0.2, 0.25) is 0 Å². The summed E-state index contributed by atoms with van der Waals surface area (Å²) in [6.45, 7) is 4.39. The van der Waals surface area contributed by atoms with Gasteiger partial charge in [0.05, 0.1) is 0 Å². The smallest absolute Gasteiger partial charge is 0.329 e. The van der Waals surface area contributed by atoms with Crippen molar-refractivity contribution in [2.45, 2.75) is 44.7 Å². The van der Waals surface area contributed by atoms with E-state index in [4.69, 9.17) is 0 Å². The van der Waals surface area contributed by atoms with Crippen LogP contribution in [0.3, 0.4) is 0 Å². The molecule has 0 bridgehead atoms. The molecule has 0 aromatic heterocycles. The number of nitrogens with one attached hydrogen (secondary N) is 2. The Labute approximate surface area is 112 Å². The summed E-state index contributed by atoms with van der Waals surface area (Å²) in [7, 11) is 0. The van der Waals surface area contributed by atoms with Crippen LogP contribution in [-0.4, -0.2) is 46.6 Å². The van der Waals surface area contributed by atoms with Gasteiger partial charge in [-0.15, -0.1) is 0 Å². The van der Waals surface area contributed by atoms with Crippen LogP contribution in [0.4, 0.5) is 0 Å². The second-order valence-corrected chi connectivity index (χ2v) is 6.02. The highest BCUT2D eigenvalue weighted by Gasteiger charge is 2.34. The number of carboxylic acid groups (broad SMARTS) is 1. The van der Waals surface area contributed by atoms with Gasteiger partial charge in [0.25, 0.3) is 0 Å². The molecule has 1 fully saturated rings. The zero-order valence-electron chi connectivity index (χ0n) is 11.0. The first-order valence-electron chi connectivity index (χ1n) is 6.33. The molecule has 0 spiro atoms. The molecule has 1 aliphatic heterocycles. The molecule has 1 amide bonds. The second kappa shape index (κ2) is 6.99. The van der Waals surface area contributed by atoms with Crippen LogP contribution in [-0.2, 0) is 9.59 Å². The van der Waals surface area contributed by atoms with Crippen LogP contribution in [0, 0.1) is 0 Å². The third-order valence-electron chi connectivity index (χ3n) is 3.07. The summed E-state index contributed by atoms with van der Waals surface area (Å²) in [5.74, 6) is 0.822. The van der Waals surface area contributed by atoms with Crippen molar-refractivity contribution >= 4 is 23.6 Å². The number of carbonyl (C=O) groups is 2. The summed E-state index contributed by atoms with van der Waals surface area (Å²) in [6, 6.07) is 0.156. The van der Waals surface area contributed by atoms with Crippen molar-refractivity contribution in [3.63, 3.8) is 0 Å². The fourth-order valence-electron chi connectivity index (χ4n) is 2.06. The van der Waals surface area contributed by atoms with Gasteiger partial charge in [-0.1, -0.05) is 13.3 Å². The van der Waals surface area contributed by atoms with Crippen molar-refractivity contribution in [3.8, 4) is 0 Å². The van der Waals surface area contributed by atoms with E-state index in [1.807, 2.05) is 18.7 Å². The Kier molecular flexibility index (Phi) is 5.95. The van der Waals surface area contributed by atoms with Crippen molar-refractivity contribution in [1.29, 1.82) is 0 Å². The molecule has 2 unspecified atom stereocenters. The average molecular weight is 274 g/mol. The highest BCUT2D eigenvalue weighted by molar-refractivity contribution is 7.99. The standard InChI is InChI=1S/C12H22N2O3S/c1-3-4-12(2,11(16)17)14-10(15)7-9-8-18-6-5-13-9/h9,13H,3-8H2,1-2H3,(H,14,15)(H,16,17). The third kappa shape index (κ3) is 4.49. The van der Waals surface area contributed by atoms with E-state index in [0.29, 0.717) is 12.8 Å². The molecule has 0 aliphatic carbocycles. The van der Waals surface area contributed by atoms with Crippen molar-refractivity contribution in [1.82, 2.24) is 10.6 Å². The lowest BCUT2D eigenvalue weighted by Crippen LogP contribution is -2.53. The van der Waals surface area contributed by atoms with E-state index in [1.54, 1.807) is 6.92 Å². The molecule has 1 aliphatic rings. The Morgan fingerprint density at radius 1 is 1.56 bits per heavy atom. The Morgan fingerprint density at radius 3 is 2.78 bits per heavy atom. The highest BCUT2D eigenvalue weighted by Crippen LogP contribution is 2.14. The Balaban J connectivity index is 2.48. The molecule has 6 heteroatoms. The van der Waals surface area contributed by atoms with Crippen LogP contribution in [0.5, 0.6) is 0 Å². The maximum absolute atomic E-state index is 11.9.